The maximum atomic E-state index is 10.3. The summed E-state index contributed by atoms with van der Waals surface area (Å²) in [7, 11) is 1.78. The van der Waals surface area contributed by atoms with Crippen molar-refractivity contribution in [3.8, 4) is 0 Å². The van der Waals surface area contributed by atoms with Gasteiger partial charge < -0.3 is 5.73 Å². The number of nitrogens with two attached hydrogens (primary N) is 1. The molecule has 0 unspecified atom stereocenters. The van der Waals surface area contributed by atoms with Gasteiger partial charge in [-0.05, 0) is 5.92 Å². The van der Waals surface area contributed by atoms with Gasteiger partial charge in [-0.25, -0.2) is 9.80 Å². The molecule has 0 aliphatic carbocycles. The van der Waals surface area contributed by atoms with Crippen molar-refractivity contribution in [2.24, 2.45) is 11.7 Å². The van der Waals surface area contributed by atoms with Gasteiger partial charge in [-0.3, -0.25) is 5.43 Å². The average Bonchev–Trinajstić information content (AvgIpc) is 1.58. The van der Waals surface area contributed by atoms with Gasteiger partial charge in [0, 0.05) is 13.6 Å². The van der Waals surface area contributed by atoms with Crippen LogP contribution in [0.1, 0.15) is 13.8 Å². The van der Waals surface area contributed by atoms with Crippen LogP contribution < -0.4 is 11.2 Å². The van der Waals surface area contributed by atoms with Crippen molar-refractivity contribution in [1.29, 1.82) is 0 Å². The third kappa shape index (κ3) is 5.37. The van der Waals surface area contributed by atoms with Crippen LogP contribution in [0, 0.1) is 5.92 Å². The summed E-state index contributed by atoms with van der Waals surface area (Å²) < 4.78 is 0. The minimum atomic E-state index is -0.511. The highest BCUT2D eigenvalue weighted by atomic mass is 16.2. The maximum absolute atomic E-state index is 10.3. The number of hydrazine groups is 1. The topological polar surface area (TPSA) is 58.4 Å². The van der Waals surface area contributed by atoms with E-state index in [1.165, 1.54) is 0 Å². The number of carbonyl (C=O) groups excluding carboxylic acids is 1. The van der Waals surface area contributed by atoms with Gasteiger partial charge in [0.2, 0.25) is 0 Å². The number of rotatable bonds is 3. The Balaban J connectivity index is 3.43. The van der Waals surface area contributed by atoms with E-state index < -0.39 is 6.03 Å². The lowest BCUT2D eigenvalue weighted by molar-refractivity contribution is 0.195. The van der Waals surface area contributed by atoms with Gasteiger partial charge in [-0.15, -0.1) is 0 Å². The third-order valence-corrected chi connectivity index (χ3v) is 0.940. The molecule has 0 saturated carbocycles. The number of nitrogens with zero attached hydrogens (tertiary/aromatic N) is 1. The van der Waals surface area contributed by atoms with E-state index in [1.807, 2.05) is 0 Å². The molecule has 0 spiro atoms. The van der Waals surface area contributed by atoms with Gasteiger partial charge in [0.15, 0.2) is 0 Å². The number of hydrogen-bond donors (Lipinski definition) is 2. The van der Waals surface area contributed by atoms with E-state index in [0.29, 0.717) is 5.92 Å². The Morgan fingerprint density at radius 1 is 1.70 bits per heavy atom. The Morgan fingerprint density at radius 2 is 2.20 bits per heavy atom. The highest BCUT2D eigenvalue weighted by Gasteiger charge is 2.01. The molecule has 2 amide bonds. The van der Waals surface area contributed by atoms with Crippen LogP contribution in [0.15, 0.2) is 0 Å². The number of hydrogen-bond acceptors (Lipinski definition) is 2. The molecule has 0 aromatic heterocycles. The summed E-state index contributed by atoms with van der Waals surface area (Å²) in [6, 6.07) is -0.511. The second-order valence-electron chi connectivity index (χ2n) is 2.75. The fourth-order valence-corrected chi connectivity index (χ4v) is 0.781. The Labute approximate surface area is 61.3 Å². The van der Waals surface area contributed by atoms with Crippen LogP contribution >= 0.6 is 0 Å². The zero-order chi connectivity index (χ0) is 8.15. The third-order valence-electron chi connectivity index (χ3n) is 0.940. The first-order valence-corrected chi connectivity index (χ1v) is 3.29. The molecule has 0 aliphatic heterocycles. The summed E-state index contributed by atoms with van der Waals surface area (Å²) >= 11 is 0. The smallest absolute Gasteiger partial charge is 0.326 e. The standard InChI is InChI=1S/C6H15N3O/c1-5(2)4-9(3)8-6(7)10/h5H,4H2,1-3H3,(H3,7,8,10). The number of carbonyl (C=O) groups is 1. The number of primary amides is 1. The Bertz CT molecular complexity index is 114. The van der Waals surface area contributed by atoms with E-state index >= 15 is 0 Å². The monoisotopic (exact) mass is 145 g/mol. The quantitative estimate of drug-likeness (QED) is 0.556. The molecule has 0 aliphatic rings. The molecule has 0 fully saturated rings. The molecule has 0 radical (unpaired) electrons. The zero-order valence-electron chi connectivity index (χ0n) is 6.72. The van der Waals surface area contributed by atoms with Crippen LogP contribution in [0.5, 0.6) is 0 Å². The Kier molecular flexibility index (Phi) is 3.79. The molecule has 4 nitrogen and oxygen atoms in total. The zero-order valence-corrected chi connectivity index (χ0v) is 6.72. The van der Waals surface area contributed by atoms with Crippen molar-refractivity contribution in [2.75, 3.05) is 13.6 Å². The average molecular weight is 145 g/mol. The van der Waals surface area contributed by atoms with Gasteiger partial charge in [-0.1, -0.05) is 13.8 Å². The van der Waals surface area contributed by atoms with Crippen molar-refractivity contribution in [3.05, 3.63) is 0 Å². The van der Waals surface area contributed by atoms with E-state index in [1.54, 1.807) is 12.1 Å². The molecule has 0 heterocycles. The fourth-order valence-electron chi connectivity index (χ4n) is 0.781. The van der Waals surface area contributed by atoms with E-state index in [-0.39, 0.29) is 0 Å². The van der Waals surface area contributed by atoms with E-state index in [2.05, 4.69) is 19.3 Å². The second kappa shape index (κ2) is 4.11. The highest BCUT2D eigenvalue weighted by molar-refractivity contribution is 5.70. The fraction of sp³-hybridized carbons (Fsp3) is 0.833. The summed E-state index contributed by atoms with van der Waals surface area (Å²) in [6.45, 7) is 4.95. The molecule has 0 saturated heterocycles. The molecule has 0 aromatic carbocycles. The minimum absolute atomic E-state index is 0.511. The molecule has 10 heavy (non-hydrogen) atoms. The number of nitrogens with one attached hydrogen (secondary N) is 1. The highest BCUT2D eigenvalue weighted by Crippen LogP contribution is 1.91. The minimum Gasteiger partial charge on any atom is -0.351 e. The van der Waals surface area contributed by atoms with Crippen molar-refractivity contribution in [3.63, 3.8) is 0 Å². The van der Waals surface area contributed by atoms with E-state index in [4.69, 9.17) is 5.73 Å². The summed E-state index contributed by atoms with van der Waals surface area (Å²) in [6.07, 6.45) is 0. The lowest BCUT2D eigenvalue weighted by Crippen LogP contribution is -2.44. The van der Waals surface area contributed by atoms with Crippen LogP contribution in [0.2, 0.25) is 0 Å². The van der Waals surface area contributed by atoms with Crippen molar-refractivity contribution >= 4 is 6.03 Å². The first-order valence-electron chi connectivity index (χ1n) is 3.29. The van der Waals surface area contributed by atoms with Gasteiger partial charge in [0.05, 0.1) is 0 Å². The lowest BCUT2D eigenvalue weighted by atomic mass is 10.2. The van der Waals surface area contributed by atoms with Gasteiger partial charge >= 0.3 is 6.03 Å². The lowest BCUT2D eigenvalue weighted by Gasteiger charge is -2.17. The van der Waals surface area contributed by atoms with E-state index in [0.717, 1.165) is 6.54 Å². The van der Waals surface area contributed by atoms with Crippen LogP contribution in [0.25, 0.3) is 0 Å². The molecule has 0 bridgehead atoms. The molecular formula is C6H15N3O. The number of amides is 2. The van der Waals surface area contributed by atoms with Gasteiger partial charge in [0.1, 0.15) is 0 Å². The SMILES string of the molecule is CC(C)CN(C)NC(N)=O. The predicted octanol–water partition coefficient (Wildman–Crippen LogP) is 0.158. The molecule has 0 atom stereocenters. The molecule has 3 N–H and O–H groups in total. The van der Waals surface area contributed by atoms with Crippen LogP contribution in [-0.2, 0) is 0 Å². The van der Waals surface area contributed by atoms with Crippen molar-refractivity contribution < 1.29 is 4.79 Å². The Hall–Kier alpha value is -0.770. The second-order valence-corrected chi connectivity index (χ2v) is 2.75. The molecule has 4 heteroatoms. The predicted molar refractivity (Wildman–Crippen MR) is 40.2 cm³/mol. The van der Waals surface area contributed by atoms with Crippen molar-refractivity contribution in [2.45, 2.75) is 13.8 Å². The summed E-state index contributed by atoms with van der Waals surface area (Å²) in [5.41, 5.74) is 7.32. The molecule has 0 aromatic rings. The summed E-state index contributed by atoms with van der Waals surface area (Å²) in [4.78, 5) is 10.3. The first kappa shape index (κ1) is 9.23. The maximum Gasteiger partial charge on any atom is 0.326 e. The molecule has 60 valence electrons. The largest absolute Gasteiger partial charge is 0.351 e. The van der Waals surface area contributed by atoms with Crippen LogP contribution in [0.4, 0.5) is 4.79 Å². The van der Waals surface area contributed by atoms with Gasteiger partial charge in [0.25, 0.3) is 0 Å². The molecule has 0 rings (SSSR count). The first-order chi connectivity index (χ1) is 4.52. The van der Waals surface area contributed by atoms with Crippen molar-refractivity contribution in [1.82, 2.24) is 10.4 Å². The van der Waals surface area contributed by atoms with E-state index in [9.17, 15) is 4.79 Å². The molecular weight excluding hydrogens is 130 g/mol. The van der Waals surface area contributed by atoms with Gasteiger partial charge in [-0.2, -0.15) is 0 Å². The Morgan fingerprint density at radius 3 is 2.50 bits per heavy atom. The van der Waals surface area contributed by atoms with Crippen LogP contribution in [-0.4, -0.2) is 24.6 Å². The number of urea groups is 1. The summed E-state index contributed by atoms with van der Waals surface area (Å²) in [5.74, 6) is 0.525. The summed E-state index contributed by atoms with van der Waals surface area (Å²) in [5, 5.41) is 1.67. The van der Waals surface area contributed by atoms with Crippen LogP contribution in [0.3, 0.4) is 0 Å². The normalized spacial score (nSPS) is 10.5.